The molecular weight excluding hydrogens is 252 g/mol. The van der Waals surface area contributed by atoms with Crippen molar-refractivity contribution in [2.24, 2.45) is 0 Å². The van der Waals surface area contributed by atoms with Gasteiger partial charge >= 0.3 is 0 Å². The van der Waals surface area contributed by atoms with Gasteiger partial charge in [0.15, 0.2) is 5.65 Å². The standard InChI is InChI=1S/C15H14N4O/c1-10-3-5-13(6-4-10)17-15-16-9-12-7-8-19(11(2)20)14(12)18-15/h3-9H,1-2H3,(H,16,17,18). The van der Waals surface area contributed by atoms with Crippen LogP contribution in [0.2, 0.25) is 0 Å². The fraction of sp³-hybridized carbons (Fsp3) is 0.133. The van der Waals surface area contributed by atoms with E-state index >= 15 is 0 Å². The Labute approximate surface area is 116 Å². The van der Waals surface area contributed by atoms with Crippen LogP contribution in [0.4, 0.5) is 11.6 Å². The van der Waals surface area contributed by atoms with Crippen LogP contribution >= 0.6 is 0 Å². The number of carbonyl (C=O) groups excluding carboxylic acids is 1. The van der Waals surface area contributed by atoms with E-state index in [0.29, 0.717) is 11.6 Å². The van der Waals surface area contributed by atoms with Crippen molar-refractivity contribution < 1.29 is 4.79 Å². The number of aryl methyl sites for hydroxylation is 1. The molecule has 5 heteroatoms. The molecule has 2 aromatic heterocycles. The van der Waals surface area contributed by atoms with Crippen molar-refractivity contribution in [1.29, 1.82) is 0 Å². The maximum Gasteiger partial charge on any atom is 0.229 e. The maximum absolute atomic E-state index is 11.5. The van der Waals surface area contributed by atoms with Crippen LogP contribution in [-0.2, 0) is 0 Å². The summed E-state index contributed by atoms with van der Waals surface area (Å²) in [6, 6.07) is 9.78. The molecule has 3 aromatic rings. The molecule has 0 fully saturated rings. The minimum absolute atomic E-state index is 0.0695. The Kier molecular flexibility index (Phi) is 2.95. The fourth-order valence-electron chi connectivity index (χ4n) is 2.00. The van der Waals surface area contributed by atoms with E-state index in [0.717, 1.165) is 11.1 Å². The summed E-state index contributed by atoms with van der Waals surface area (Å²) in [5.74, 6) is 0.405. The first-order valence-electron chi connectivity index (χ1n) is 6.32. The Bertz CT molecular complexity index is 774. The van der Waals surface area contributed by atoms with Crippen LogP contribution in [0.1, 0.15) is 17.3 Å². The number of nitrogens with one attached hydrogen (secondary N) is 1. The molecule has 1 aromatic carbocycles. The minimum Gasteiger partial charge on any atom is -0.324 e. The van der Waals surface area contributed by atoms with Crippen LogP contribution < -0.4 is 5.32 Å². The van der Waals surface area contributed by atoms with Crippen LogP contribution in [0.3, 0.4) is 0 Å². The molecule has 100 valence electrons. The number of carbonyl (C=O) groups is 1. The van der Waals surface area contributed by atoms with Crippen molar-refractivity contribution >= 4 is 28.6 Å². The number of fused-ring (bicyclic) bond motifs is 1. The highest BCUT2D eigenvalue weighted by Crippen LogP contribution is 2.17. The topological polar surface area (TPSA) is 59.8 Å². The lowest BCUT2D eigenvalue weighted by Crippen LogP contribution is -2.05. The molecule has 0 spiro atoms. The van der Waals surface area contributed by atoms with Crippen molar-refractivity contribution in [3.8, 4) is 0 Å². The van der Waals surface area contributed by atoms with Gasteiger partial charge in [0, 0.05) is 30.4 Å². The van der Waals surface area contributed by atoms with Gasteiger partial charge in [-0.1, -0.05) is 17.7 Å². The lowest BCUT2D eigenvalue weighted by molar-refractivity contribution is 0.0941. The van der Waals surface area contributed by atoms with E-state index in [2.05, 4.69) is 15.3 Å². The summed E-state index contributed by atoms with van der Waals surface area (Å²) < 4.78 is 1.51. The van der Waals surface area contributed by atoms with E-state index in [1.807, 2.05) is 37.3 Å². The largest absolute Gasteiger partial charge is 0.324 e. The predicted octanol–water partition coefficient (Wildman–Crippen LogP) is 3.14. The number of hydrogen-bond donors (Lipinski definition) is 1. The second-order valence-electron chi connectivity index (χ2n) is 4.67. The average Bonchev–Trinajstić information content (AvgIpc) is 2.84. The number of nitrogens with zero attached hydrogens (tertiary/aromatic N) is 3. The van der Waals surface area contributed by atoms with Gasteiger partial charge in [-0.3, -0.25) is 9.36 Å². The molecule has 0 amide bonds. The summed E-state index contributed by atoms with van der Waals surface area (Å²) >= 11 is 0. The summed E-state index contributed by atoms with van der Waals surface area (Å²) in [5, 5.41) is 3.97. The van der Waals surface area contributed by atoms with E-state index < -0.39 is 0 Å². The Hall–Kier alpha value is -2.69. The first kappa shape index (κ1) is 12.3. The lowest BCUT2D eigenvalue weighted by atomic mass is 10.2. The molecule has 0 saturated carbocycles. The summed E-state index contributed by atoms with van der Waals surface area (Å²) in [7, 11) is 0. The predicted molar refractivity (Wildman–Crippen MR) is 78.3 cm³/mol. The molecule has 3 rings (SSSR count). The highest BCUT2D eigenvalue weighted by atomic mass is 16.1. The third kappa shape index (κ3) is 2.25. The van der Waals surface area contributed by atoms with Gasteiger partial charge in [0.25, 0.3) is 0 Å². The summed E-state index contributed by atoms with van der Waals surface area (Å²) in [5.41, 5.74) is 2.72. The molecule has 0 aliphatic heterocycles. The quantitative estimate of drug-likeness (QED) is 0.774. The molecule has 0 aliphatic carbocycles. The fourth-order valence-corrected chi connectivity index (χ4v) is 2.00. The first-order valence-corrected chi connectivity index (χ1v) is 6.32. The molecule has 0 aliphatic rings. The SMILES string of the molecule is CC(=O)n1ccc2cnc(Nc3ccc(C)cc3)nc21. The Balaban J connectivity index is 1.97. The highest BCUT2D eigenvalue weighted by molar-refractivity contribution is 5.89. The van der Waals surface area contributed by atoms with Gasteiger partial charge in [-0.05, 0) is 25.1 Å². The summed E-state index contributed by atoms with van der Waals surface area (Å²) in [4.78, 5) is 20.2. The van der Waals surface area contributed by atoms with Gasteiger partial charge < -0.3 is 5.32 Å². The van der Waals surface area contributed by atoms with Gasteiger partial charge in [-0.2, -0.15) is 4.98 Å². The lowest BCUT2D eigenvalue weighted by Gasteiger charge is -2.05. The number of anilines is 2. The van der Waals surface area contributed by atoms with Crippen molar-refractivity contribution in [2.75, 3.05) is 5.32 Å². The molecule has 0 bridgehead atoms. The average molecular weight is 266 g/mol. The summed E-state index contributed by atoms with van der Waals surface area (Å²) in [6.07, 6.45) is 3.41. The second-order valence-corrected chi connectivity index (χ2v) is 4.67. The van der Waals surface area contributed by atoms with Gasteiger partial charge in [0.05, 0.1) is 0 Å². The molecule has 5 nitrogen and oxygen atoms in total. The Morgan fingerprint density at radius 1 is 1.20 bits per heavy atom. The second kappa shape index (κ2) is 4.77. The van der Waals surface area contributed by atoms with E-state index in [1.54, 1.807) is 12.4 Å². The van der Waals surface area contributed by atoms with Crippen molar-refractivity contribution in [3.63, 3.8) is 0 Å². The van der Waals surface area contributed by atoms with Crippen molar-refractivity contribution in [1.82, 2.24) is 14.5 Å². The molecule has 0 saturated heterocycles. The van der Waals surface area contributed by atoms with E-state index in [-0.39, 0.29) is 5.91 Å². The van der Waals surface area contributed by atoms with Crippen LogP contribution in [0.5, 0.6) is 0 Å². The third-order valence-electron chi connectivity index (χ3n) is 3.07. The van der Waals surface area contributed by atoms with Crippen LogP contribution in [0.15, 0.2) is 42.7 Å². The minimum atomic E-state index is -0.0695. The Morgan fingerprint density at radius 2 is 1.95 bits per heavy atom. The van der Waals surface area contributed by atoms with E-state index in [4.69, 9.17) is 0 Å². The van der Waals surface area contributed by atoms with Crippen molar-refractivity contribution in [2.45, 2.75) is 13.8 Å². The molecule has 2 heterocycles. The highest BCUT2D eigenvalue weighted by Gasteiger charge is 2.08. The zero-order valence-electron chi connectivity index (χ0n) is 11.3. The van der Waals surface area contributed by atoms with Crippen LogP contribution in [0.25, 0.3) is 11.0 Å². The number of hydrogen-bond acceptors (Lipinski definition) is 4. The van der Waals surface area contributed by atoms with E-state index in [9.17, 15) is 4.79 Å². The number of benzene rings is 1. The number of aromatic nitrogens is 3. The molecule has 0 unspecified atom stereocenters. The van der Waals surface area contributed by atoms with Crippen LogP contribution in [-0.4, -0.2) is 20.4 Å². The maximum atomic E-state index is 11.5. The van der Waals surface area contributed by atoms with Gasteiger partial charge in [0.1, 0.15) is 0 Å². The third-order valence-corrected chi connectivity index (χ3v) is 3.07. The molecule has 0 atom stereocenters. The van der Waals surface area contributed by atoms with Gasteiger partial charge in [-0.15, -0.1) is 0 Å². The summed E-state index contributed by atoms with van der Waals surface area (Å²) in [6.45, 7) is 3.54. The smallest absolute Gasteiger partial charge is 0.229 e. The van der Waals surface area contributed by atoms with Crippen molar-refractivity contribution in [3.05, 3.63) is 48.3 Å². The normalized spacial score (nSPS) is 10.7. The van der Waals surface area contributed by atoms with E-state index in [1.165, 1.54) is 17.1 Å². The zero-order chi connectivity index (χ0) is 14.1. The zero-order valence-corrected chi connectivity index (χ0v) is 11.3. The monoisotopic (exact) mass is 266 g/mol. The molecule has 0 radical (unpaired) electrons. The van der Waals surface area contributed by atoms with Crippen LogP contribution in [0, 0.1) is 6.92 Å². The number of rotatable bonds is 2. The Morgan fingerprint density at radius 3 is 2.65 bits per heavy atom. The molecule has 1 N–H and O–H groups in total. The first-order chi connectivity index (χ1) is 9.63. The molecular formula is C15H14N4O. The molecule has 20 heavy (non-hydrogen) atoms. The van der Waals surface area contributed by atoms with Gasteiger partial charge in [-0.25, -0.2) is 4.98 Å². The van der Waals surface area contributed by atoms with Gasteiger partial charge in [0.2, 0.25) is 11.9 Å².